The predicted molar refractivity (Wildman–Crippen MR) is 62.6 cm³/mol. The second-order valence-electron chi connectivity index (χ2n) is 4.06. The smallest absolute Gasteiger partial charge is 0.236 e. The molecule has 0 rings (SSSR count). The number of hydrogen-bond donors (Lipinski definition) is 3. The Morgan fingerprint density at radius 3 is 2.50 bits per heavy atom. The van der Waals surface area contributed by atoms with Crippen LogP contribution in [0.25, 0.3) is 0 Å². The van der Waals surface area contributed by atoms with Crippen molar-refractivity contribution < 1.29 is 9.59 Å². The van der Waals surface area contributed by atoms with Crippen LogP contribution in [0.2, 0.25) is 0 Å². The quantitative estimate of drug-likeness (QED) is 0.448. The molecule has 94 valence electrons. The van der Waals surface area contributed by atoms with Gasteiger partial charge in [0, 0.05) is 13.0 Å². The SMILES string of the molecule is CN(C)CCCNC(=O)C(N)CCC(N)=O. The third-order valence-corrected chi connectivity index (χ3v) is 2.12. The highest BCUT2D eigenvalue weighted by Gasteiger charge is 2.13. The molecule has 1 unspecified atom stereocenters. The first-order chi connectivity index (χ1) is 7.43. The van der Waals surface area contributed by atoms with Gasteiger partial charge >= 0.3 is 0 Å². The Labute approximate surface area is 96.3 Å². The molecule has 0 saturated heterocycles. The zero-order valence-electron chi connectivity index (χ0n) is 10.0. The molecular formula is C10H22N4O2. The summed E-state index contributed by atoms with van der Waals surface area (Å²) in [6.07, 6.45) is 1.32. The first kappa shape index (κ1) is 14.9. The van der Waals surface area contributed by atoms with Crippen molar-refractivity contribution in [1.29, 1.82) is 0 Å². The average Bonchev–Trinajstić information content (AvgIpc) is 2.20. The van der Waals surface area contributed by atoms with Crippen LogP contribution < -0.4 is 16.8 Å². The molecule has 0 aliphatic carbocycles. The van der Waals surface area contributed by atoms with E-state index in [-0.39, 0.29) is 12.3 Å². The van der Waals surface area contributed by atoms with Gasteiger partial charge < -0.3 is 21.7 Å². The lowest BCUT2D eigenvalue weighted by Gasteiger charge is -2.13. The number of hydrogen-bond acceptors (Lipinski definition) is 4. The first-order valence-electron chi connectivity index (χ1n) is 5.39. The fourth-order valence-electron chi connectivity index (χ4n) is 1.17. The van der Waals surface area contributed by atoms with Gasteiger partial charge in [-0.25, -0.2) is 0 Å². The van der Waals surface area contributed by atoms with E-state index in [0.29, 0.717) is 13.0 Å². The van der Waals surface area contributed by atoms with Gasteiger partial charge in [-0.05, 0) is 33.5 Å². The molecule has 0 fully saturated rings. The van der Waals surface area contributed by atoms with Gasteiger partial charge in [-0.15, -0.1) is 0 Å². The van der Waals surface area contributed by atoms with Crippen molar-refractivity contribution in [3.63, 3.8) is 0 Å². The van der Waals surface area contributed by atoms with Gasteiger partial charge in [-0.2, -0.15) is 0 Å². The summed E-state index contributed by atoms with van der Waals surface area (Å²) in [6, 6.07) is -0.646. The van der Waals surface area contributed by atoms with Crippen molar-refractivity contribution >= 4 is 11.8 Å². The van der Waals surface area contributed by atoms with E-state index in [1.54, 1.807) is 0 Å². The van der Waals surface area contributed by atoms with Crippen LogP contribution in [-0.4, -0.2) is 49.9 Å². The number of nitrogens with zero attached hydrogens (tertiary/aromatic N) is 1. The lowest BCUT2D eigenvalue weighted by molar-refractivity contribution is -0.122. The van der Waals surface area contributed by atoms with Crippen molar-refractivity contribution in [3.05, 3.63) is 0 Å². The van der Waals surface area contributed by atoms with Crippen LogP contribution in [0.4, 0.5) is 0 Å². The molecule has 1 atom stereocenters. The maximum absolute atomic E-state index is 11.4. The second-order valence-corrected chi connectivity index (χ2v) is 4.06. The van der Waals surface area contributed by atoms with Gasteiger partial charge in [-0.1, -0.05) is 0 Å². The Morgan fingerprint density at radius 1 is 1.38 bits per heavy atom. The van der Waals surface area contributed by atoms with Crippen molar-refractivity contribution in [2.45, 2.75) is 25.3 Å². The standard InChI is InChI=1S/C10H22N4O2/c1-14(2)7-3-6-13-10(16)8(11)4-5-9(12)15/h8H,3-7,11H2,1-2H3,(H2,12,15)(H,13,16). The van der Waals surface area contributed by atoms with Gasteiger partial charge in [0.1, 0.15) is 0 Å². The van der Waals surface area contributed by atoms with E-state index in [2.05, 4.69) is 5.32 Å². The summed E-state index contributed by atoms with van der Waals surface area (Å²) in [5.41, 5.74) is 10.5. The highest BCUT2D eigenvalue weighted by Crippen LogP contribution is 1.93. The minimum Gasteiger partial charge on any atom is -0.370 e. The van der Waals surface area contributed by atoms with Crippen LogP contribution in [-0.2, 0) is 9.59 Å². The van der Waals surface area contributed by atoms with Gasteiger partial charge in [-0.3, -0.25) is 9.59 Å². The lowest BCUT2D eigenvalue weighted by Crippen LogP contribution is -2.41. The summed E-state index contributed by atoms with van der Waals surface area (Å²) in [6.45, 7) is 1.51. The highest BCUT2D eigenvalue weighted by atomic mass is 16.2. The summed E-state index contributed by atoms with van der Waals surface area (Å²) < 4.78 is 0. The molecule has 0 aliphatic heterocycles. The van der Waals surface area contributed by atoms with E-state index in [9.17, 15) is 9.59 Å². The molecule has 0 aliphatic rings. The fraction of sp³-hybridized carbons (Fsp3) is 0.800. The summed E-state index contributed by atoms with van der Waals surface area (Å²) in [5.74, 6) is -0.657. The predicted octanol–water partition coefficient (Wildman–Crippen LogP) is -1.35. The molecule has 6 heteroatoms. The topological polar surface area (TPSA) is 101 Å². The Balaban J connectivity index is 3.59. The molecule has 5 N–H and O–H groups in total. The minimum atomic E-state index is -0.646. The van der Waals surface area contributed by atoms with Crippen LogP contribution >= 0.6 is 0 Å². The van der Waals surface area contributed by atoms with Gasteiger partial charge in [0.15, 0.2) is 0 Å². The number of amides is 2. The highest BCUT2D eigenvalue weighted by molar-refractivity contribution is 5.82. The summed E-state index contributed by atoms with van der Waals surface area (Å²) in [4.78, 5) is 23.9. The van der Waals surface area contributed by atoms with Crippen LogP contribution in [0.5, 0.6) is 0 Å². The monoisotopic (exact) mass is 230 g/mol. The Kier molecular flexibility index (Phi) is 7.49. The maximum Gasteiger partial charge on any atom is 0.236 e. The fourth-order valence-corrected chi connectivity index (χ4v) is 1.17. The lowest BCUT2D eigenvalue weighted by atomic mass is 10.1. The minimum absolute atomic E-state index is 0.145. The third-order valence-electron chi connectivity index (χ3n) is 2.12. The van der Waals surface area contributed by atoms with Crippen LogP contribution in [0, 0.1) is 0 Å². The van der Waals surface area contributed by atoms with Crippen molar-refractivity contribution in [2.75, 3.05) is 27.2 Å². The van der Waals surface area contributed by atoms with Crippen LogP contribution in [0.1, 0.15) is 19.3 Å². The Bertz CT molecular complexity index is 231. The van der Waals surface area contributed by atoms with Crippen molar-refractivity contribution in [1.82, 2.24) is 10.2 Å². The summed E-state index contributed by atoms with van der Waals surface area (Å²) in [7, 11) is 3.95. The molecule has 0 spiro atoms. The van der Waals surface area contributed by atoms with Crippen molar-refractivity contribution in [3.8, 4) is 0 Å². The molecule has 16 heavy (non-hydrogen) atoms. The van der Waals surface area contributed by atoms with Gasteiger partial charge in [0.25, 0.3) is 0 Å². The van der Waals surface area contributed by atoms with Crippen molar-refractivity contribution in [2.24, 2.45) is 11.5 Å². The van der Waals surface area contributed by atoms with E-state index in [1.165, 1.54) is 0 Å². The zero-order valence-corrected chi connectivity index (χ0v) is 10.0. The second kappa shape index (κ2) is 8.06. The van der Waals surface area contributed by atoms with Gasteiger partial charge in [0.2, 0.25) is 11.8 Å². The maximum atomic E-state index is 11.4. The molecule has 0 saturated carbocycles. The third kappa shape index (κ3) is 8.19. The number of carbonyl (C=O) groups excluding carboxylic acids is 2. The molecule has 0 radical (unpaired) electrons. The van der Waals surface area contributed by atoms with E-state index in [1.807, 2.05) is 19.0 Å². The molecule has 0 heterocycles. The summed E-state index contributed by atoms with van der Waals surface area (Å²) in [5, 5.41) is 2.72. The Hall–Kier alpha value is -1.14. The molecule has 0 aromatic rings. The van der Waals surface area contributed by atoms with E-state index < -0.39 is 11.9 Å². The normalized spacial score (nSPS) is 12.5. The van der Waals surface area contributed by atoms with Crippen LogP contribution in [0.3, 0.4) is 0 Å². The number of nitrogens with two attached hydrogens (primary N) is 2. The molecule has 2 amide bonds. The number of nitrogens with one attached hydrogen (secondary N) is 1. The van der Waals surface area contributed by atoms with E-state index in [4.69, 9.17) is 11.5 Å². The van der Waals surface area contributed by atoms with E-state index in [0.717, 1.165) is 13.0 Å². The molecule has 6 nitrogen and oxygen atoms in total. The zero-order chi connectivity index (χ0) is 12.6. The first-order valence-corrected chi connectivity index (χ1v) is 5.39. The number of rotatable bonds is 8. The average molecular weight is 230 g/mol. The molecule has 0 bridgehead atoms. The van der Waals surface area contributed by atoms with Crippen LogP contribution in [0.15, 0.2) is 0 Å². The molecule has 0 aromatic carbocycles. The summed E-state index contributed by atoms with van der Waals surface area (Å²) >= 11 is 0. The van der Waals surface area contributed by atoms with Gasteiger partial charge in [0.05, 0.1) is 6.04 Å². The van der Waals surface area contributed by atoms with E-state index >= 15 is 0 Å². The largest absolute Gasteiger partial charge is 0.370 e. The number of primary amides is 1. The molecular weight excluding hydrogens is 208 g/mol. The Morgan fingerprint density at radius 2 is 2.00 bits per heavy atom. The molecule has 0 aromatic heterocycles. The number of carbonyl (C=O) groups is 2.